The SMILES string of the molecule is O=C1CC(c2cnn(-c3cccc(F)c3)c2)c2cnn(CC3CC3)c2N1. The van der Waals surface area contributed by atoms with E-state index >= 15 is 0 Å². The molecule has 7 heteroatoms. The lowest BCUT2D eigenvalue weighted by Gasteiger charge is -2.22. The van der Waals surface area contributed by atoms with Crippen molar-refractivity contribution in [2.45, 2.75) is 31.7 Å². The molecule has 132 valence electrons. The summed E-state index contributed by atoms with van der Waals surface area (Å²) in [6.07, 6.45) is 8.27. The third-order valence-corrected chi connectivity index (χ3v) is 5.10. The summed E-state index contributed by atoms with van der Waals surface area (Å²) in [5.41, 5.74) is 2.60. The van der Waals surface area contributed by atoms with Gasteiger partial charge in [-0.05, 0) is 42.5 Å². The van der Waals surface area contributed by atoms with E-state index < -0.39 is 0 Å². The van der Waals surface area contributed by atoms with E-state index in [-0.39, 0.29) is 17.6 Å². The van der Waals surface area contributed by atoms with E-state index in [1.54, 1.807) is 23.0 Å². The summed E-state index contributed by atoms with van der Waals surface area (Å²) in [6.45, 7) is 0.852. The molecule has 3 aromatic rings. The van der Waals surface area contributed by atoms with Crippen LogP contribution in [0.25, 0.3) is 5.69 Å². The van der Waals surface area contributed by atoms with Gasteiger partial charge in [0.05, 0.1) is 18.1 Å². The number of hydrogen-bond donors (Lipinski definition) is 1. The zero-order valence-corrected chi connectivity index (χ0v) is 14.1. The highest BCUT2D eigenvalue weighted by atomic mass is 19.1. The number of anilines is 1. The fourth-order valence-corrected chi connectivity index (χ4v) is 3.53. The molecular weight excluding hydrogens is 333 g/mol. The van der Waals surface area contributed by atoms with Crippen molar-refractivity contribution in [1.82, 2.24) is 19.6 Å². The van der Waals surface area contributed by atoms with E-state index in [1.807, 2.05) is 17.1 Å². The molecule has 1 N–H and O–H groups in total. The number of halogens is 1. The summed E-state index contributed by atoms with van der Waals surface area (Å²) >= 11 is 0. The Kier molecular flexibility index (Phi) is 3.41. The van der Waals surface area contributed by atoms with Crippen LogP contribution in [0.5, 0.6) is 0 Å². The Morgan fingerprint density at radius 2 is 2.12 bits per heavy atom. The molecule has 0 spiro atoms. The van der Waals surface area contributed by atoms with Gasteiger partial charge in [0.15, 0.2) is 0 Å². The Morgan fingerprint density at radius 3 is 2.92 bits per heavy atom. The molecule has 1 aliphatic carbocycles. The van der Waals surface area contributed by atoms with Gasteiger partial charge in [0, 0.05) is 30.6 Å². The topological polar surface area (TPSA) is 64.7 Å². The maximum absolute atomic E-state index is 13.5. The van der Waals surface area contributed by atoms with Crippen LogP contribution in [0.15, 0.2) is 42.9 Å². The van der Waals surface area contributed by atoms with Crippen molar-refractivity contribution in [2.24, 2.45) is 5.92 Å². The summed E-state index contributed by atoms with van der Waals surface area (Å²) in [4.78, 5) is 12.3. The van der Waals surface area contributed by atoms with Crippen LogP contribution in [0.2, 0.25) is 0 Å². The van der Waals surface area contributed by atoms with Crippen LogP contribution in [0.4, 0.5) is 10.2 Å². The highest BCUT2D eigenvalue weighted by Crippen LogP contribution is 2.39. The van der Waals surface area contributed by atoms with Crippen molar-refractivity contribution in [2.75, 3.05) is 5.32 Å². The van der Waals surface area contributed by atoms with Crippen LogP contribution in [0.1, 0.15) is 36.3 Å². The molecule has 3 heterocycles. The summed E-state index contributed by atoms with van der Waals surface area (Å²) in [7, 11) is 0. The Hall–Kier alpha value is -2.96. The molecule has 0 bridgehead atoms. The molecule has 2 aromatic heterocycles. The highest BCUT2D eigenvalue weighted by molar-refractivity contribution is 5.94. The summed E-state index contributed by atoms with van der Waals surface area (Å²) < 4.78 is 17.0. The third kappa shape index (κ3) is 2.69. The third-order valence-electron chi connectivity index (χ3n) is 5.10. The normalized spacial score (nSPS) is 19.3. The number of fused-ring (bicyclic) bond motifs is 1. The molecule has 2 aliphatic rings. The minimum Gasteiger partial charge on any atom is -0.311 e. The van der Waals surface area contributed by atoms with Crippen molar-refractivity contribution >= 4 is 11.7 Å². The van der Waals surface area contributed by atoms with Crippen molar-refractivity contribution in [1.29, 1.82) is 0 Å². The monoisotopic (exact) mass is 351 g/mol. The van der Waals surface area contributed by atoms with E-state index in [0.717, 1.165) is 23.5 Å². The molecule has 1 aliphatic heterocycles. The van der Waals surface area contributed by atoms with Crippen molar-refractivity contribution in [3.8, 4) is 5.69 Å². The number of aromatic nitrogens is 4. The van der Waals surface area contributed by atoms with Gasteiger partial charge in [-0.1, -0.05) is 6.07 Å². The first kappa shape index (κ1) is 15.3. The Balaban J connectivity index is 1.49. The smallest absolute Gasteiger partial charge is 0.226 e. The molecule has 1 fully saturated rings. The Labute approximate surface area is 149 Å². The molecule has 1 aromatic carbocycles. The highest BCUT2D eigenvalue weighted by Gasteiger charge is 2.32. The largest absolute Gasteiger partial charge is 0.311 e. The average Bonchev–Trinajstić information content (AvgIpc) is 3.15. The zero-order chi connectivity index (χ0) is 17.7. The fraction of sp³-hybridized carbons (Fsp3) is 0.316. The van der Waals surface area contributed by atoms with Gasteiger partial charge in [0.2, 0.25) is 5.91 Å². The fourth-order valence-electron chi connectivity index (χ4n) is 3.53. The maximum atomic E-state index is 13.5. The van der Waals surface area contributed by atoms with Gasteiger partial charge in [-0.3, -0.25) is 4.79 Å². The number of amides is 1. The number of carbonyl (C=O) groups excluding carboxylic acids is 1. The quantitative estimate of drug-likeness (QED) is 0.786. The molecule has 6 nitrogen and oxygen atoms in total. The Bertz CT molecular complexity index is 987. The van der Waals surface area contributed by atoms with Crippen LogP contribution in [-0.2, 0) is 11.3 Å². The van der Waals surface area contributed by atoms with Gasteiger partial charge in [0.25, 0.3) is 0 Å². The van der Waals surface area contributed by atoms with Crippen LogP contribution < -0.4 is 5.32 Å². The van der Waals surface area contributed by atoms with Gasteiger partial charge in [-0.25, -0.2) is 13.8 Å². The van der Waals surface area contributed by atoms with Crippen LogP contribution in [0, 0.1) is 11.7 Å². The minimum absolute atomic E-state index is 0.0152. The van der Waals surface area contributed by atoms with Gasteiger partial charge in [-0.15, -0.1) is 0 Å². The second kappa shape index (κ2) is 5.79. The molecule has 26 heavy (non-hydrogen) atoms. The summed E-state index contributed by atoms with van der Waals surface area (Å²) in [5, 5.41) is 11.8. The van der Waals surface area contributed by atoms with Gasteiger partial charge < -0.3 is 5.32 Å². The summed E-state index contributed by atoms with van der Waals surface area (Å²) in [6, 6.07) is 6.29. The van der Waals surface area contributed by atoms with Gasteiger partial charge in [-0.2, -0.15) is 10.2 Å². The lowest BCUT2D eigenvalue weighted by atomic mass is 9.89. The molecule has 1 saturated carbocycles. The molecule has 0 radical (unpaired) electrons. The first-order valence-corrected chi connectivity index (χ1v) is 8.83. The molecule has 1 unspecified atom stereocenters. The van der Waals surface area contributed by atoms with E-state index in [9.17, 15) is 9.18 Å². The van der Waals surface area contributed by atoms with Crippen molar-refractivity contribution in [3.05, 3.63) is 59.8 Å². The zero-order valence-electron chi connectivity index (χ0n) is 14.1. The van der Waals surface area contributed by atoms with E-state index in [1.165, 1.54) is 25.0 Å². The average molecular weight is 351 g/mol. The van der Waals surface area contributed by atoms with Crippen molar-refractivity contribution < 1.29 is 9.18 Å². The lowest BCUT2D eigenvalue weighted by Crippen LogP contribution is -2.25. The predicted octanol–water partition coefficient (Wildman–Crippen LogP) is 3.09. The standard InChI is InChI=1S/C19H18FN5O/c20-14-2-1-3-15(6-14)24-11-13(8-21-24)16-7-18(26)23-19-17(16)9-22-25(19)10-12-4-5-12/h1-3,6,8-9,11-12,16H,4-5,7,10H2,(H,23,26). The lowest BCUT2D eigenvalue weighted by molar-refractivity contribution is -0.116. The predicted molar refractivity (Wildman–Crippen MR) is 93.6 cm³/mol. The van der Waals surface area contributed by atoms with E-state index in [4.69, 9.17) is 0 Å². The second-order valence-corrected chi connectivity index (χ2v) is 7.08. The van der Waals surface area contributed by atoms with E-state index in [2.05, 4.69) is 15.5 Å². The van der Waals surface area contributed by atoms with Crippen LogP contribution in [0.3, 0.4) is 0 Å². The van der Waals surface area contributed by atoms with Gasteiger partial charge >= 0.3 is 0 Å². The number of carbonyl (C=O) groups is 1. The molecular formula is C19H18FN5O. The number of hydrogen-bond acceptors (Lipinski definition) is 3. The van der Waals surface area contributed by atoms with Crippen LogP contribution >= 0.6 is 0 Å². The molecule has 1 atom stereocenters. The second-order valence-electron chi connectivity index (χ2n) is 7.08. The number of rotatable bonds is 4. The molecule has 5 rings (SSSR count). The molecule has 0 saturated heterocycles. The Morgan fingerprint density at radius 1 is 1.23 bits per heavy atom. The number of nitrogens with zero attached hydrogens (tertiary/aromatic N) is 4. The van der Waals surface area contributed by atoms with E-state index in [0.29, 0.717) is 18.0 Å². The number of nitrogens with one attached hydrogen (secondary N) is 1. The summed E-state index contributed by atoms with van der Waals surface area (Å²) in [5.74, 6) is 1.07. The maximum Gasteiger partial charge on any atom is 0.226 e. The first-order valence-electron chi connectivity index (χ1n) is 8.83. The van der Waals surface area contributed by atoms with Crippen molar-refractivity contribution in [3.63, 3.8) is 0 Å². The molecule has 1 amide bonds. The number of benzene rings is 1. The van der Waals surface area contributed by atoms with Crippen LogP contribution in [-0.4, -0.2) is 25.5 Å². The minimum atomic E-state index is -0.305. The van der Waals surface area contributed by atoms with Gasteiger partial charge in [0.1, 0.15) is 11.6 Å². The first-order chi connectivity index (χ1) is 12.7.